The van der Waals surface area contributed by atoms with Gasteiger partial charge in [0.15, 0.2) is 5.60 Å². The molecule has 0 spiro atoms. The van der Waals surface area contributed by atoms with Gasteiger partial charge >= 0.3 is 12.1 Å². The van der Waals surface area contributed by atoms with Crippen LogP contribution in [0.15, 0.2) is 24.3 Å². The second kappa shape index (κ2) is 8.82. The number of hydrogen-bond donors (Lipinski definition) is 1. The first-order valence-corrected chi connectivity index (χ1v) is 9.33. The van der Waals surface area contributed by atoms with Gasteiger partial charge in [-0.15, -0.1) is 0 Å². The summed E-state index contributed by atoms with van der Waals surface area (Å²) >= 11 is 5.91. The summed E-state index contributed by atoms with van der Waals surface area (Å²) in [5.41, 5.74) is -2.76. The smallest absolute Gasteiger partial charge is 0.417 e. The van der Waals surface area contributed by atoms with E-state index in [4.69, 9.17) is 16.3 Å². The lowest BCUT2D eigenvalue weighted by Crippen LogP contribution is -2.45. The van der Waals surface area contributed by atoms with Crippen LogP contribution in [0.5, 0.6) is 0 Å². The van der Waals surface area contributed by atoms with Crippen molar-refractivity contribution in [3.8, 4) is 0 Å². The maximum Gasteiger partial charge on any atom is 0.417 e. The third-order valence-corrected chi connectivity index (χ3v) is 5.00. The molecule has 0 aliphatic carbocycles. The maximum absolute atomic E-state index is 12.8. The van der Waals surface area contributed by atoms with E-state index < -0.39 is 35.7 Å². The molecule has 0 aliphatic heterocycles. The molecule has 0 aliphatic rings. The van der Waals surface area contributed by atoms with Crippen LogP contribution in [-0.2, 0) is 9.53 Å². The van der Waals surface area contributed by atoms with E-state index >= 15 is 0 Å². The third-order valence-electron chi connectivity index (χ3n) is 4.75. The first-order valence-electron chi connectivity index (χ1n) is 8.95. The average molecular weight is 409 g/mol. The number of aliphatic hydroxyl groups is 1. The van der Waals surface area contributed by atoms with Crippen LogP contribution < -0.4 is 0 Å². The molecule has 3 atom stereocenters. The first kappa shape index (κ1) is 23.8. The standard InChI is InChI=1S/C20H28ClF3O3/c1-6-14(15-7-9-16(21)10-8-15)12-18(3,4)17(25)27-13(2)11-19(5,26)20(22,23)24/h7-10,13-14,26H,6,11-12H2,1-5H3. The summed E-state index contributed by atoms with van der Waals surface area (Å²) in [6, 6.07) is 7.38. The highest BCUT2D eigenvalue weighted by atomic mass is 35.5. The summed E-state index contributed by atoms with van der Waals surface area (Å²) in [4.78, 5) is 12.5. The number of rotatable bonds is 8. The quantitative estimate of drug-likeness (QED) is 0.546. The summed E-state index contributed by atoms with van der Waals surface area (Å²) in [6.07, 6.45) is -5.30. The highest BCUT2D eigenvalue weighted by molar-refractivity contribution is 6.30. The predicted molar refractivity (Wildman–Crippen MR) is 99.7 cm³/mol. The van der Waals surface area contributed by atoms with E-state index in [1.54, 1.807) is 26.0 Å². The van der Waals surface area contributed by atoms with Crippen molar-refractivity contribution in [1.82, 2.24) is 0 Å². The lowest BCUT2D eigenvalue weighted by Gasteiger charge is -2.32. The Kier molecular flexibility index (Phi) is 7.77. The van der Waals surface area contributed by atoms with E-state index in [1.165, 1.54) is 6.92 Å². The molecule has 3 unspecified atom stereocenters. The van der Waals surface area contributed by atoms with Gasteiger partial charge in [0.2, 0.25) is 0 Å². The Labute approximate surface area is 163 Å². The van der Waals surface area contributed by atoms with Crippen molar-refractivity contribution in [3.63, 3.8) is 0 Å². The lowest BCUT2D eigenvalue weighted by atomic mass is 9.79. The topological polar surface area (TPSA) is 46.5 Å². The molecule has 1 rings (SSSR count). The fourth-order valence-electron chi connectivity index (χ4n) is 2.99. The Bertz CT molecular complexity index is 624. The molecular weight excluding hydrogens is 381 g/mol. The Morgan fingerprint density at radius 3 is 2.11 bits per heavy atom. The summed E-state index contributed by atoms with van der Waals surface area (Å²) in [6.45, 7) is 7.45. The zero-order valence-electron chi connectivity index (χ0n) is 16.4. The van der Waals surface area contributed by atoms with Gasteiger partial charge in [-0.05, 0) is 64.2 Å². The minimum Gasteiger partial charge on any atom is -0.462 e. The molecule has 0 aromatic heterocycles. The maximum atomic E-state index is 12.8. The fourth-order valence-corrected chi connectivity index (χ4v) is 3.12. The van der Waals surface area contributed by atoms with Gasteiger partial charge in [0.1, 0.15) is 6.10 Å². The number of esters is 1. The molecule has 3 nitrogen and oxygen atoms in total. The van der Waals surface area contributed by atoms with Gasteiger partial charge in [-0.3, -0.25) is 4.79 Å². The minimum atomic E-state index is -4.79. The SMILES string of the molecule is CCC(CC(C)(C)C(=O)OC(C)CC(C)(O)C(F)(F)F)c1ccc(Cl)cc1. The molecule has 154 valence electrons. The second-order valence-electron chi connectivity index (χ2n) is 7.94. The molecule has 0 heterocycles. The molecule has 0 saturated heterocycles. The zero-order chi connectivity index (χ0) is 21.0. The van der Waals surface area contributed by atoms with Crippen molar-refractivity contribution in [2.45, 2.75) is 77.7 Å². The fraction of sp³-hybridized carbons (Fsp3) is 0.650. The molecule has 1 N–H and O–H groups in total. The van der Waals surface area contributed by atoms with Crippen molar-refractivity contribution < 1.29 is 27.8 Å². The van der Waals surface area contributed by atoms with E-state index in [1.807, 2.05) is 19.1 Å². The van der Waals surface area contributed by atoms with E-state index in [9.17, 15) is 23.1 Å². The molecule has 0 fully saturated rings. The van der Waals surface area contributed by atoms with Gasteiger partial charge in [-0.2, -0.15) is 13.2 Å². The van der Waals surface area contributed by atoms with Gasteiger partial charge < -0.3 is 9.84 Å². The monoisotopic (exact) mass is 408 g/mol. The highest BCUT2D eigenvalue weighted by Crippen LogP contribution is 2.37. The van der Waals surface area contributed by atoms with Gasteiger partial charge in [0, 0.05) is 11.4 Å². The zero-order valence-corrected chi connectivity index (χ0v) is 17.1. The van der Waals surface area contributed by atoms with Crippen molar-refractivity contribution in [2.24, 2.45) is 5.41 Å². The number of benzene rings is 1. The molecule has 0 radical (unpaired) electrons. The summed E-state index contributed by atoms with van der Waals surface area (Å²) < 4.78 is 43.6. The third kappa shape index (κ3) is 6.68. The molecule has 0 bridgehead atoms. The molecule has 0 amide bonds. The van der Waals surface area contributed by atoms with Gasteiger partial charge in [-0.25, -0.2) is 0 Å². The van der Waals surface area contributed by atoms with Crippen LogP contribution in [0.1, 0.15) is 65.4 Å². The van der Waals surface area contributed by atoms with Crippen LogP contribution >= 0.6 is 11.6 Å². The van der Waals surface area contributed by atoms with Crippen LogP contribution in [0, 0.1) is 5.41 Å². The first-order chi connectivity index (χ1) is 12.2. The molecule has 27 heavy (non-hydrogen) atoms. The number of carbonyl (C=O) groups is 1. The molecular formula is C20H28ClF3O3. The van der Waals surface area contributed by atoms with Gasteiger partial charge in [-0.1, -0.05) is 30.7 Å². The molecule has 1 aromatic carbocycles. The van der Waals surface area contributed by atoms with Crippen molar-refractivity contribution in [3.05, 3.63) is 34.9 Å². The van der Waals surface area contributed by atoms with E-state index in [2.05, 4.69) is 0 Å². The number of carbonyl (C=O) groups excluding carboxylic acids is 1. The number of hydrogen-bond acceptors (Lipinski definition) is 3. The van der Waals surface area contributed by atoms with Crippen LogP contribution in [0.2, 0.25) is 5.02 Å². The number of halogens is 4. The largest absolute Gasteiger partial charge is 0.462 e. The van der Waals surface area contributed by atoms with E-state index in [-0.39, 0.29) is 5.92 Å². The summed E-state index contributed by atoms with van der Waals surface area (Å²) in [7, 11) is 0. The summed E-state index contributed by atoms with van der Waals surface area (Å²) in [5.74, 6) is -0.501. The molecule has 7 heteroatoms. The van der Waals surface area contributed by atoms with Crippen molar-refractivity contribution >= 4 is 17.6 Å². The second-order valence-corrected chi connectivity index (χ2v) is 8.37. The lowest BCUT2D eigenvalue weighted by molar-refractivity contribution is -0.261. The van der Waals surface area contributed by atoms with Gasteiger partial charge in [0.05, 0.1) is 5.41 Å². The minimum absolute atomic E-state index is 0.0819. The molecule has 0 saturated carbocycles. The van der Waals surface area contributed by atoms with Crippen LogP contribution in [0.4, 0.5) is 13.2 Å². The number of alkyl halides is 3. The van der Waals surface area contributed by atoms with E-state index in [0.717, 1.165) is 12.0 Å². The van der Waals surface area contributed by atoms with Gasteiger partial charge in [0.25, 0.3) is 0 Å². The van der Waals surface area contributed by atoms with Crippen LogP contribution in [0.3, 0.4) is 0 Å². The van der Waals surface area contributed by atoms with Crippen LogP contribution in [-0.4, -0.2) is 29.0 Å². The van der Waals surface area contributed by atoms with Crippen molar-refractivity contribution in [1.29, 1.82) is 0 Å². The van der Waals surface area contributed by atoms with E-state index in [0.29, 0.717) is 18.4 Å². The Morgan fingerprint density at radius 2 is 1.67 bits per heavy atom. The summed E-state index contributed by atoms with van der Waals surface area (Å²) in [5, 5.41) is 10.2. The van der Waals surface area contributed by atoms with Crippen LogP contribution in [0.25, 0.3) is 0 Å². The Morgan fingerprint density at radius 1 is 1.15 bits per heavy atom. The normalized spacial score (nSPS) is 17.1. The number of ether oxygens (including phenoxy) is 1. The Hall–Kier alpha value is -1.27. The Balaban J connectivity index is 2.78. The average Bonchev–Trinajstić information content (AvgIpc) is 2.51. The van der Waals surface area contributed by atoms with Crippen molar-refractivity contribution in [2.75, 3.05) is 0 Å². The predicted octanol–water partition coefficient (Wildman–Crippen LogP) is 5.89. The molecule has 1 aromatic rings. The highest BCUT2D eigenvalue weighted by Gasteiger charge is 2.51.